The molecule has 0 amide bonds. The van der Waals surface area contributed by atoms with Crippen molar-refractivity contribution >= 4 is 5.97 Å². The fourth-order valence-electron chi connectivity index (χ4n) is 9.04. The average molecular weight is 455 g/mol. The van der Waals surface area contributed by atoms with E-state index >= 15 is 0 Å². The highest BCUT2D eigenvalue weighted by atomic mass is 16.5. The van der Waals surface area contributed by atoms with Crippen LogP contribution in [0.25, 0.3) is 0 Å². The molecule has 1 saturated heterocycles. The predicted molar refractivity (Wildman–Crippen MR) is 117 cm³/mol. The van der Waals surface area contributed by atoms with Crippen LogP contribution in [0.4, 0.5) is 0 Å². The molecule has 1 heterocycles. The molecule has 5 aliphatic rings. The quantitative estimate of drug-likeness (QED) is 0.402. The molecule has 5 fully saturated rings. The van der Waals surface area contributed by atoms with Crippen LogP contribution in [0.15, 0.2) is 0 Å². The molecule has 0 aromatic heterocycles. The Hall–Kier alpha value is -0.730. The standard InChI is InChI=1S/C23H36O7.C2H6/c1-20-5-2-16-17(23(20,29)7-4-15(20)13-8-19(27)30-11-13)3-6-21(28)10-14(25)9-18(26)22(16,21)12-24;1-2/h13-18,24-26,28-29H,2-12H2,1H3;1-2H3. The van der Waals surface area contributed by atoms with Crippen LogP contribution in [0.5, 0.6) is 0 Å². The van der Waals surface area contributed by atoms with Gasteiger partial charge < -0.3 is 30.3 Å². The van der Waals surface area contributed by atoms with Crippen LogP contribution in [0, 0.1) is 34.5 Å². The number of esters is 1. The molecule has 10 atom stereocenters. The lowest BCUT2D eigenvalue weighted by Crippen LogP contribution is -2.73. The minimum atomic E-state index is -1.33. The fourth-order valence-corrected chi connectivity index (χ4v) is 9.04. The van der Waals surface area contributed by atoms with Crippen molar-refractivity contribution in [3.8, 4) is 0 Å². The molecule has 7 heteroatoms. The summed E-state index contributed by atoms with van der Waals surface area (Å²) >= 11 is 0. The highest BCUT2D eigenvalue weighted by Gasteiger charge is 2.73. The lowest BCUT2D eigenvalue weighted by molar-refractivity contribution is -0.299. The van der Waals surface area contributed by atoms with Gasteiger partial charge >= 0.3 is 5.97 Å². The maximum atomic E-state index is 12.2. The van der Waals surface area contributed by atoms with Gasteiger partial charge in [-0.3, -0.25) is 4.79 Å². The summed E-state index contributed by atoms with van der Waals surface area (Å²) in [5.74, 6) is -0.146. The summed E-state index contributed by atoms with van der Waals surface area (Å²) in [6.45, 7) is 6.23. The van der Waals surface area contributed by atoms with Crippen molar-refractivity contribution in [2.45, 2.75) is 102 Å². The third kappa shape index (κ3) is 3.00. The minimum Gasteiger partial charge on any atom is -0.465 e. The Bertz CT molecular complexity index is 729. The monoisotopic (exact) mass is 454 g/mol. The van der Waals surface area contributed by atoms with Gasteiger partial charge in [0.15, 0.2) is 0 Å². The van der Waals surface area contributed by atoms with Crippen molar-refractivity contribution in [1.29, 1.82) is 0 Å². The van der Waals surface area contributed by atoms with E-state index in [4.69, 9.17) is 4.74 Å². The topological polar surface area (TPSA) is 127 Å². The summed E-state index contributed by atoms with van der Waals surface area (Å²) in [6.07, 6.45) is 2.82. The number of hydrogen-bond donors (Lipinski definition) is 5. The van der Waals surface area contributed by atoms with Gasteiger partial charge in [-0.1, -0.05) is 20.8 Å². The minimum absolute atomic E-state index is 0.128. The second kappa shape index (κ2) is 8.19. The number of fused-ring (bicyclic) bond motifs is 5. The number of rotatable bonds is 2. The number of ether oxygens (including phenoxy) is 1. The molecular formula is C25H42O7. The van der Waals surface area contributed by atoms with Gasteiger partial charge in [-0.2, -0.15) is 0 Å². The van der Waals surface area contributed by atoms with Crippen LogP contribution in [0.2, 0.25) is 0 Å². The summed E-state index contributed by atoms with van der Waals surface area (Å²) in [6, 6.07) is 0. The van der Waals surface area contributed by atoms with Crippen LogP contribution in [-0.4, -0.2) is 68.1 Å². The SMILES string of the molecule is CC.CC12CCC3C(CCC4(O)CC(O)CC(O)C34CO)C1(O)CCC2C1COC(=O)C1. The molecule has 0 spiro atoms. The van der Waals surface area contributed by atoms with Crippen LogP contribution in [0.1, 0.15) is 78.6 Å². The van der Waals surface area contributed by atoms with Gasteiger partial charge in [-0.25, -0.2) is 0 Å². The molecule has 7 nitrogen and oxygen atoms in total. The Balaban J connectivity index is 0.00000119. The zero-order valence-corrected chi connectivity index (χ0v) is 19.8. The van der Waals surface area contributed by atoms with Crippen LogP contribution in [0.3, 0.4) is 0 Å². The molecule has 0 radical (unpaired) electrons. The first-order valence-corrected chi connectivity index (χ1v) is 12.7. The van der Waals surface area contributed by atoms with Crippen LogP contribution in [-0.2, 0) is 9.53 Å². The molecule has 10 unspecified atom stereocenters. The van der Waals surface area contributed by atoms with Gasteiger partial charge in [0.2, 0.25) is 0 Å². The van der Waals surface area contributed by atoms with Gasteiger partial charge in [0, 0.05) is 18.8 Å². The Labute approximate surface area is 191 Å². The molecule has 5 rings (SSSR count). The fraction of sp³-hybridized carbons (Fsp3) is 0.960. The molecule has 0 aromatic rings. The maximum Gasteiger partial charge on any atom is 0.306 e. The van der Waals surface area contributed by atoms with Crippen molar-refractivity contribution in [1.82, 2.24) is 0 Å². The van der Waals surface area contributed by atoms with E-state index in [1.54, 1.807) is 0 Å². The maximum absolute atomic E-state index is 12.2. The molecule has 4 saturated carbocycles. The van der Waals surface area contributed by atoms with E-state index in [-0.39, 0.29) is 54.5 Å². The van der Waals surface area contributed by atoms with E-state index in [1.807, 2.05) is 13.8 Å². The summed E-state index contributed by atoms with van der Waals surface area (Å²) in [7, 11) is 0. The number of aliphatic hydroxyl groups is 5. The lowest BCUT2D eigenvalue weighted by Gasteiger charge is -2.67. The Morgan fingerprint density at radius 1 is 1.00 bits per heavy atom. The second-order valence-corrected chi connectivity index (χ2v) is 11.3. The molecular weight excluding hydrogens is 412 g/mol. The number of aliphatic hydroxyl groups excluding tert-OH is 3. The first-order chi connectivity index (χ1) is 15.1. The van der Waals surface area contributed by atoms with Crippen LogP contribution < -0.4 is 0 Å². The third-order valence-electron chi connectivity index (χ3n) is 10.5. The van der Waals surface area contributed by atoms with Gasteiger partial charge in [0.25, 0.3) is 0 Å². The lowest BCUT2D eigenvalue weighted by atomic mass is 9.40. The van der Waals surface area contributed by atoms with Crippen molar-refractivity contribution in [3.05, 3.63) is 0 Å². The normalized spacial score (nSPS) is 54.6. The van der Waals surface area contributed by atoms with Crippen molar-refractivity contribution < 1.29 is 35.1 Å². The van der Waals surface area contributed by atoms with E-state index in [1.165, 1.54) is 0 Å². The number of hydrogen-bond acceptors (Lipinski definition) is 7. The number of carbonyl (C=O) groups is 1. The molecule has 1 aliphatic heterocycles. The summed E-state index contributed by atoms with van der Waals surface area (Å²) in [5.41, 5.74) is -3.74. The molecule has 0 aromatic carbocycles. The first kappa shape index (κ1) is 24.4. The molecule has 0 bridgehead atoms. The Morgan fingerprint density at radius 2 is 1.66 bits per heavy atom. The van der Waals surface area contributed by atoms with Crippen molar-refractivity contribution in [2.24, 2.45) is 34.5 Å². The first-order valence-electron chi connectivity index (χ1n) is 12.7. The van der Waals surface area contributed by atoms with E-state index in [9.17, 15) is 30.3 Å². The van der Waals surface area contributed by atoms with Crippen LogP contribution >= 0.6 is 0 Å². The average Bonchev–Trinajstić information content (AvgIpc) is 3.29. The van der Waals surface area contributed by atoms with Crippen molar-refractivity contribution in [3.63, 3.8) is 0 Å². The van der Waals surface area contributed by atoms with Gasteiger partial charge in [-0.15, -0.1) is 0 Å². The van der Waals surface area contributed by atoms with E-state index in [0.717, 1.165) is 12.8 Å². The van der Waals surface area contributed by atoms with E-state index in [2.05, 4.69) is 6.92 Å². The predicted octanol–water partition coefficient (Wildman–Crippen LogP) is 1.77. The molecule has 32 heavy (non-hydrogen) atoms. The second-order valence-electron chi connectivity index (χ2n) is 11.3. The number of cyclic esters (lactones) is 1. The molecule has 5 N–H and O–H groups in total. The summed E-state index contributed by atoms with van der Waals surface area (Å²) < 4.78 is 5.24. The summed E-state index contributed by atoms with van der Waals surface area (Å²) in [4.78, 5) is 11.7. The van der Waals surface area contributed by atoms with E-state index in [0.29, 0.717) is 38.7 Å². The van der Waals surface area contributed by atoms with Crippen molar-refractivity contribution in [2.75, 3.05) is 13.2 Å². The van der Waals surface area contributed by atoms with Gasteiger partial charge in [0.1, 0.15) is 0 Å². The zero-order chi connectivity index (χ0) is 23.5. The highest BCUT2D eigenvalue weighted by molar-refractivity contribution is 5.71. The smallest absolute Gasteiger partial charge is 0.306 e. The molecule has 4 aliphatic carbocycles. The third-order valence-corrected chi connectivity index (χ3v) is 10.5. The Morgan fingerprint density at radius 3 is 2.28 bits per heavy atom. The molecule has 184 valence electrons. The van der Waals surface area contributed by atoms with Gasteiger partial charge in [0.05, 0.1) is 48.5 Å². The Kier molecular flexibility index (Phi) is 6.24. The number of carbonyl (C=O) groups excluding carboxylic acids is 1. The largest absolute Gasteiger partial charge is 0.465 e. The highest BCUT2D eigenvalue weighted by Crippen LogP contribution is 2.70. The van der Waals surface area contributed by atoms with E-state index < -0.39 is 28.8 Å². The van der Waals surface area contributed by atoms with Gasteiger partial charge in [-0.05, 0) is 61.7 Å². The summed E-state index contributed by atoms with van der Waals surface area (Å²) in [5, 5.41) is 55.5. The zero-order valence-electron chi connectivity index (χ0n) is 19.8.